The molecule has 10 heteroatoms. The van der Waals surface area contributed by atoms with Crippen LogP contribution in [0, 0.1) is 5.82 Å². The zero-order valence-electron chi connectivity index (χ0n) is 32.3. The molecule has 4 aromatic carbocycles. The van der Waals surface area contributed by atoms with E-state index in [0.717, 1.165) is 109 Å². The number of likely N-dealkylation sites (tertiary alicyclic amines) is 2. The quantitative estimate of drug-likeness (QED) is 0.108. The van der Waals surface area contributed by atoms with E-state index in [-0.39, 0.29) is 17.9 Å². The highest BCUT2D eigenvalue weighted by Gasteiger charge is 2.35. The molecular weight excluding hydrogens is 723 g/mol. The van der Waals surface area contributed by atoms with Gasteiger partial charge < -0.3 is 9.47 Å². The summed E-state index contributed by atoms with van der Waals surface area (Å²) in [6.07, 6.45) is 8.00. The summed E-state index contributed by atoms with van der Waals surface area (Å²) >= 11 is 6.43. The van der Waals surface area contributed by atoms with E-state index in [9.17, 15) is 4.39 Å². The summed E-state index contributed by atoms with van der Waals surface area (Å²) in [7, 11) is 0. The third-order valence-electron chi connectivity index (χ3n) is 11.1. The van der Waals surface area contributed by atoms with Crippen molar-refractivity contribution in [1.82, 2.24) is 19.8 Å². The largest absolute Gasteiger partial charge is 0.492 e. The number of piperidine rings is 2. The van der Waals surface area contributed by atoms with E-state index in [0.29, 0.717) is 24.0 Å². The van der Waals surface area contributed by atoms with Crippen LogP contribution in [0.2, 0.25) is 5.02 Å². The lowest BCUT2D eigenvalue weighted by atomic mass is 9.99. The molecule has 56 heavy (non-hydrogen) atoms. The molecule has 290 valence electrons. The van der Waals surface area contributed by atoms with Gasteiger partial charge >= 0.3 is 0 Å². The first kappa shape index (κ1) is 37.9. The fraction of sp³-hybridized carbons (Fsp3) is 0.348. The summed E-state index contributed by atoms with van der Waals surface area (Å²) in [6.45, 7) is 10.2. The Bertz CT molecular complexity index is 2100. The van der Waals surface area contributed by atoms with Crippen molar-refractivity contribution in [3.05, 3.63) is 131 Å². The first-order valence-electron chi connectivity index (χ1n) is 20.0. The van der Waals surface area contributed by atoms with Gasteiger partial charge in [-0.05, 0) is 99.2 Å². The summed E-state index contributed by atoms with van der Waals surface area (Å²) in [4.78, 5) is 15.0. The van der Waals surface area contributed by atoms with Gasteiger partial charge in [-0.15, -0.1) is 0 Å². The van der Waals surface area contributed by atoms with Crippen LogP contribution in [-0.4, -0.2) is 71.2 Å². The van der Waals surface area contributed by atoms with Gasteiger partial charge in [0.2, 0.25) is 0 Å². The van der Waals surface area contributed by atoms with Gasteiger partial charge in [0.25, 0.3) is 0 Å². The van der Waals surface area contributed by atoms with Gasteiger partial charge in [-0.2, -0.15) is 0 Å². The fourth-order valence-corrected chi connectivity index (χ4v) is 8.55. The number of hydrogen-bond acceptors (Lipinski definition) is 8. The lowest BCUT2D eigenvalue weighted by Gasteiger charge is -2.50. The van der Waals surface area contributed by atoms with Gasteiger partial charge in [0.05, 0.1) is 65.1 Å². The van der Waals surface area contributed by atoms with E-state index in [2.05, 4.69) is 92.9 Å². The van der Waals surface area contributed by atoms with E-state index in [1.165, 1.54) is 11.6 Å². The maximum atomic E-state index is 14.4. The van der Waals surface area contributed by atoms with Crippen LogP contribution in [0.4, 0.5) is 15.8 Å². The van der Waals surface area contributed by atoms with Gasteiger partial charge in [0.1, 0.15) is 5.75 Å². The minimum absolute atomic E-state index is 0.219. The number of nitrogens with zero attached hydrogens (tertiary/aromatic N) is 6. The SMILES string of the molecule is CCOc1cc(CN2CCC(N(c3cnc4ccccc4c3)N(c3cnc4ccccc4c3)C3CCN(Cc4ccc(Cl)c(OCC)c4)CC3)CC2)ccc1F. The topological polar surface area (TPSA) is 57.2 Å². The number of hydrogen-bond donors (Lipinski definition) is 0. The van der Waals surface area contributed by atoms with Crippen molar-refractivity contribution < 1.29 is 13.9 Å². The summed E-state index contributed by atoms with van der Waals surface area (Å²) < 4.78 is 25.8. The molecule has 0 amide bonds. The number of ether oxygens (including phenoxy) is 2. The van der Waals surface area contributed by atoms with Crippen LogP contribution in [0.15, 0.2) is 109 Å². The van der Waals surface area contributed by atoms with Crippen molar-refractivity contribution in [2.24, 2.45) is 0 Å². The zero-order valence-corrected chi connectivity index (χ0v) is 33.0. The van der Waals surface area contributed by atoms with Crippen molar-refractivity contribution >= 4 is 44.8 Å². The van der Waals surface area contributed by atoms with Crippen LogP contribution in [0.3, 0.4) is 0 Å². The van der Waals surface area contributed by atoms with Gasteiger partial charge in [-0.3, -0.25) is 29.8 Å². The first-order valence-corrected chi connectivity index (χ1v) is 20.4. The van der Waals surface area contributed by atoms with Crippen molar-refractivity contribution in [3.8, 4) is 11.5 Å². The van der Waals surface area contributed by atoms with E-state index < -0.39 is 0 Å². The van der Waals surface area contributed by atoms with Crippen molar-refractivity contribution in [2.75, 3.05) is 49.4 Å². The number of halogens is 2. The standard InChI is InChI=1S/C46H50ClFN6O2/c1-3-55-45-25-33(13-15-41(45)47)31-51-21-17-37(18-22-51)53(39-27-35-9-5-7-11-43(35)49-29-39)54(40-28-36-10-6-8-12-44(36)50-30-40)38-19-23-52(24-20-38)32-34-14-16-42(48)46(26-34)56-4-2/h5-16,25-30,37-38H,3-4,17-24,31-32H2,1-2H3. The molecule has 0 aliphatic carbocycles. The van der Waals surface area contributed by atoms with Gasteiger partial charge in [-0.25, -0.2) is 4.39 Å². The Morgan fingerprint density at radius 3 is 1.61 bits per heavy atom. The molecule has 8 rings (SSSR count). The predicted molar refractivity (Wildman–Crippen MR) is 225 cm³/mol. The minimum Gasteiger partial charge on any atom is -0.492 e. The highest BCUT2D eigenvalue weighted by atomic mass is 35.5. The number of pyridine rings is 2. The second-order valence-electron chi connectivity index (χ2n) is 14.9. The molecule has 2 fully saturated rings. The van der Waals surface area contributed by atoms with E-state index in [1.54, 1.807) is 0 Å². The van der Waals surface area contributed by atoms with Crippen LogP contribution in [0.25, 0.3) is 21.8 Å². The number of fused-ring (bicyclic) bond motifs is 2. The van der Waals surface area contributed by atoms with Crippen LogP contribution in [0.5, 0.6) is 11.5 Å². The van der Waals surface area contributed by atoms with Crippen LogP contribution in [-0.2, 0) is 13.1 Å². The lowest BCUT2D eigenvalue weighted by Crippen LogP contribution is -2.59. The van der Waals surface area contributed by atoms with Gasteiger partial charge in [0.15, 0.2) is 11.6 Å². The Hall–Kier alpha value is -4.96. The highest BCUT2D eigenvalue weighted by Crippen LogP contribution is 2.36. The highest BCUT2D eigenvalue weighted by molar-refractivity contribution is 6.32. The third kappa shape index (κ3) is 8.55. The molecule has 0 bridgehead atoms. The minimum atomic E-state index is -0.316. The van der Waals surface area contributed by atoms with Crippen molar-refractivity contribution in [1.29, 1.82) is 0 Å². The van der Waals surface area contributed by atoms with Crippen molar-refractivity contribution in [2.45, 2.75) is 64.7 Å². The molecule has 2 aliphatic heterocycles. The molecule has 0 radical (unpaired) electrons. The Labute approximate surface area is 334 Å². The molecule has 6 aromatic rings. The molecule has 4 heterocycles. The number of benzene rings is 4. The molecule has 2 aliphatic rings. The molecule has 0 unspecified atom stereocenters. The predicted octanol–water partition coefficient (Wildman–Crippen LogP) is 9.93. The Kier molecular flexibility index (Phi) is 11.8. The molecule has 8 nitrogen and oxygen atoms in total. The van der Waals surface area contributed by atoms with Gasteiger partial charge in [0, 0.05) is 50.0 Å². The molecule has 0 spiro atoms. The summed E-state index contributed by atoms with van der Waals surface area (Å²) in [5.74, 6) is 0.753. The third-order valence-corrected chi connectivity index (χ3v) is 11.4. The monoisotopic (exact) mass is 772 g/mol. The summed E-state index contributed by atoms with van der Waals surface area (Å²) in [5.41, 5.74) is 6.41. The average molecular weight is 773 g/mol. The Balaban J connectivity index is 1.10. The maximum Gasteiger partial charge on any atom is 0.165 e. The van der Waals surface area contributed by atoms with Crippen LogP contribution in [0.1, 0.15) is 50.7 Å². The molecule has 0 saturated carbocycles. The molecule has 0 atom stereocenters. The molecule has 2 aromatic heterocycles. The number of para-hydroxylation sites is 2. The second-order valence-corrected chi connectivity index (χ2v) is 15.3. The Morgan fingerprint density at radius 2 is 1.09 bits per heavy atom. The normalized spacial score (nSPS) is 16.0. The molecular formula is C46H50ClFN6O2. The number of hydrazine groups is 1. The van der Waals surface area contributed by atoms with E-state index >= 15 is 0 Å². The summed E-state index contributed by atoms with van der Waals surface area (Å²) in [5, 5.41) is 8.01. The van der Waals surface area contributed by atoms with E-state index in [1.807, 2.05) is 44.2 Å². The molecule has 0 N–H and O–H groups in total. The first-order chi connectivity index (χ1) is 27.4. The number of rotatable bonds is 13. The molecule has 2 saturated heterocycles. The van der Waals surface area contributed by atoms with Gasteiger partial charge in [-0.1, -0.05) is 60.1 Å². The van der Waals surface area contributed by atoms with E-state index in [4.69, 9.17) is 31.0 Å². The zero-order chi connectivity index (χ0) is 38.4. The fourth-order valence-electron chi connectivity index (χ4n) is 8.38. The maximum absolute atomic E-state index is 14.4. The van der Waals surface area contributed by atoms with Crippen LogP contribution >= 0.6 is 11.6 Å². The Morgan fingerprint density at radius 1 is 0.625 bits per heavy atom. The lowest BCUT2D eigenvalue weighted by molar-refractivity contribution is 0.183. The second kappa shape index (κ2) is 17.5. The smallest absolute Gasteiger partial charge is 0.165 e. The van der Waals surface area contributed by atoms with Crippen molar-refractivity contribution in [3.63, 3.8) is 0 Å². The summed E-state index contributed by atoms with van der Waals surface area (Å²) in [6, 6.07) is 33.2. The average Bonchev–Trinajstić information content (AvgIpc) is 3.23. The number of aromatic nitrogens is 2. The number of anilines is 2. The van der Waals surface area contributed by atoms with Crippen LogP contribution < -0.4 is 19.5 Å².